The molecule has 0 spiro atoms. The van der Waals surface area contributed by atoms with Crippen LogP contribution in [0.15, 0.2) is 48.1 Å². The van der Waals surface area contributed by atoms with Crippen molar-refractivity contribution in [3.8, 4) is 17.5 Å². The molecule has 1 aliphatic rings. The van der Waals surface area contributed by atoms with Gasteiger partial charge in [-0.05, 0) is 55.7 Å². The molecule has 1 saturated heterocycles. The van der Waals surface area contributed by atoms with Gasteiger partial charge in [-0.3, -0.25) is 0 Å². The highest BCUT2D eigenvalue weighted by molar-refractivity contribution is 5.98. The monoisotopic (exact) mass is 516 g/mol. The summed E-state index contributed by atoms with van der Waals surface area (Å²) >= 11 is 0. The predicted molar refractivity (Wildman–Crippen MR) is 130 cm³/mol. The summed E-state index contributed by atoms with van der Waals surface area (Å²) in [7, 11) is 0. The number of ether oxygens (including phenoxy) is 2. The summed E-state index contributed by atoms with van der Waals surface area (Å²) in [6.07, 6.45) is 2.74. The molecule has 4 rings (SSSR count). The van der Waals surface area contributed by atoms with Crippen molar-refractivity contribution in [1.82, 2.24) is 19.9 Å². The second-order valence-electron chi connectivity index (χ2n) is 8.50. The first kappa shape index (κ1) is 26.1. The summed E-state index contributed by atoms with van der Waals surface area (Å²) in [5, 5.41) is 4.06. The highest BCUT2D eigenvalue weighted by atomic mass is 19.4. The van der Waals surface area contributed by atoms with Crippen LogP contribution in [0.2, 0.25) is 0 Å². The van der Waals surface area contributed by atoms with Gasteiger partial charge < -0.3 is 19.2 Å². The Hall–Kier alpha value is -3.96. The molecule has 0 unspecified atom stereocenters. The Bertz CT molecular complexity index is 1210. The summed E-state index contributed by atoms with van der Waals surface area (Å²) in [4.78, 5) is 24.9. The zero-order chi connectivity index (χ0) is 26.4. The fourth-order valence-corrected chi connectivity index (χ4v) is 3.72. The second-order valence-corrected chi connectivity index (χ2v) is 8.50. The number of anilines is 1. The molecule has 2 aromatic heterocycles. The Kier molecular flexibility index (Phi) is 8.04. The molecule has 0 aliphatic carbocycles. The van der Waals surface area contributed by atoms with E-state index in [2.05, 4.69) is 41.7 Å². The van der Waals surface area contributed by atoms with Gasteiger partial charge in [0, 0.05) is 38.3 Å². The maximum absolute atomic E-state index is 12.3. The van der Waals surface area contributed by atoms with Gasteiger partial charge in [-0.25, -0.2) is 15.0 Å². The normalized spacial score (nSPS) is 15.0. The standard InChI is InChI=1S/C25H27F3N6O3/c1-4-18-13-29-24(30-14-18)34-11-9-20(10-12-34)35-22-16(2)23(32-15-31-22)37-33-17(3)19-5-7-21(8-6-19)36-25(26,27)28/h5-8,13-15,20H,4,9-12H2,1-3H3/b33-17-. The van der Waals surface area contributed by atoms with Gasteiger partial charge >= 0.3 is 6.36 Å². The van der Waals surface area contributed by atoms with Crippen LogP contribution in [0, 0.1) is 6.92 Å². The number of alkyl halides is 3. The molecule has 3 aromatic rings. The van der Waals surface area contributed by atoms with Crippen LogP contribution >= 0.6 is 0 Å². The molecule has 0 N–H and O–H groups in total. The lowest BCUT2D eigenvalue weighted by Crippen LogP contribution is -2.39. The van der Waals surface area contributed by atoms with E-state index in [1.165, 1.54) is 30.6 Å². The van der Waals surface area contributed by atoms with E-state index >= 15 is 0 Å². The molecule has 0 amide bonds. The van der Waals surface area contributed by atoms with Gasteiger partial charge in [0.25, 0.3) is 5.88 Å². The predicted octanol–water partition coefficient (Wildman–Crippen LogP) is 4.89. The van der Waals surface area contributed by atoms with E-state index in [4.69, 9.17) is 9.57 Å². The molecule has 37 heavy (non-hydrogen) atoms. The Morgan fingerprint density at radius 3 is 2.30 bits per heavy atom. The number of nitrogens with zero attached hydrogens (tertiary/aromatic N) is 6. The van der Waals surface area contributed by atoms with Crippen LogP contribution in [-0.2, 0) is 6.42 Å². The minimum Gasteiger partial charge on any atom is -0.474 e. The zero-order valence-electron chi connectivity index (χ0n) is 20.7. The van der Waals surface area contributed by atoms with Gasteiger partial charge in [0.05, 0.1) is 11.3 Å². The number of piperidine rings is 1. The number of rotatable bonds is 8. The van der Waals surface area contributed by atoms with Crippen LogP contribution in [0.1, 0.15) is 43.4 Å². The van der Waals surface area contributed by atoms with Crippen molar-refractivity contribution < 1.29 is 27.5 Å². The van der Waals surface area contributed by atoms with Crippen molar-refractivity contribution >= 4 is 11.7 Å². The second kappa shape index (κ2) is 11.4. The highest BCUT2D eigenvalue weighted by Crippen LogP contribution is 2.27. The van der Waals surface area contributed by atoms with Gasteiger partial charge in [-0.2, -0.15) is 4.98 Å². The van der Waals surface area contributed by atoms with E-state index < -0.39 is 6.36 Å². The fourth-order valence-electron chi connectivity index (χ4n) is 3.72. The Morgan fingerprint density at radius 1 is 1.03 bits per heavy atom. The first-order valence-corrected chi connectivity index (χ1v) is 11.8. The van der Waals surface area contributed by atoms with Crippen LogP contribution in [0.5, 0.6) is 17.5 Å². The molecular formula is C25H27F3N6O3. The van der Waals surface area contributed by atoms with E-state index in [1.54, 1.807) is 13.8 Å². The quantitative estimate of drug-likeness (QED) is 0.309. The maximum atomic E-state index is 12.3. The summed E-state index contributed by atoms with van der Waals surface area (Å²) in [6, 6.07) is 5.34. The SMILES string of the molecule is CCc1cnc(N2CCC(Oc3ncnc(O/N=C(/C)c4ccc(OC(F)(F)F)cc4)c3C)CC2)nc1. The summed E-state index contributed by atoms with van der Waals surface area (Å²) in [5.74, 6) is 1.04. The van der Waals surface area contributed by atoms with Crippen molar-refractivity contribution in [3.05, 3.63) is 59.7 Å². The number of hydrogen-bond acceptors (Lipinski definition) is 9. The molecule has 1 aromatic carbocycles. The first-order valence-electron chi connectivity index (χ1n) is 11.8. The Morgan fingerprint density at radius 2 is 1.68 bits per heavy atom. The van der Waals surface area contributed by atoms with Crippen LogP contribution in [0.4, 0.5) is 19.1 Å². The van der Waals surface area contributed by atoms with E-state index in [9.17, 15) is 13.2 Å². The number of aryl methyl sites for hydroxylation is 1. The van der Waals surface area contributed by atoms with Gasteiger partial charge in [0.15, 0.2) is 0 Å². The Balaban J connectivity index is 1.34. The van der Waals surface area contributed by atoms with Crippen LogP contribution < -0.4 is 19.2 Å². The van der Waals surface area contributed by atoms with E-state index in [0.717, 1.165) is 43.9 Å². The molecule has 0 atom stereocenters. The van der Waals surface area contributed by atoms with E-state index in [-0.39, 0.29) is 17.7 Å². The van der Waals surface area contributed by atoms with E-state index in [1.807, 2.05) is 12.4 Å². The van der Waals surface area contributed by atoms with Crippen LogP contribution in [-0.4, -0.2) is 51.2 Å². The molecular weight excluding hydrogens is 489 g/mol. The molecule has 9 nitrogen and oxygen atoms in total. The minimum atomic E-state index is -4.75. The summed E-state index contributed by atoms with van der Waals surface area (Å²) in [6.45, 7) is 7.04. The number of oxime groups is 1. The zero-order valence-corrected chi connectivity index (χ0v) is 20.7. The van der Waals surface area contributed by atoms with Gasteiger partial charge in [-0.15, -0.1) is 13.2 Å². The van der Waals surface area contributed by atoms with Crippen LogP contribution in [0.25, 0.3) is 0 Å². The van der Waals surface area contributed by atoms with Crippen molar-refractivity contribution in [3.63, 3.8) is 0 Å². The van der Waals surface area contributed by atoms with Crippen molar-refractivity contribution in [2.45, 2.75) is 52.5 Å². The number of aromatic nitrogens is 4. The van der Waals surface area contributed by atoms with Crippen molar-refractivity contribution in [2.75, 3.05) is 18.0 Å². The molecule has 0 bridgehead atoms. The van der Waals surface area contributed by atoms with Gasteiger partial charge in [0.1, 0.15) is 18.2 Å². The lowest BCUT2D eigenvalue weighted by atomic mass is 10.1. The molecule has 0 radical (unpaired) electrons. The third-order valence-electron chi connectivity index (χ3n) is 5.87. The lowest BCUT2D eigenvalue weighted by Gasteiger charge is -2.32. The van der Waals surface area contributed by atoms with Gasteiger partial charge in [0.2, 0.25) is 11.8 Å². The molecule has 0 saturated carbocycles. The summed E-state index contributed by atoms with van der Waals surface area (Å²) < 4.78 is 47.1. The average molecular weight is 517 g/mol. The molecule has 196 valence electrons. The largest absolute Gasteiger partial charge is 0.573 e. The molecule has 12 heteroatoms. The number of halogens is 3. The maximum Gasteiger partial charge on any atom is 0.573 e. The molecule has 3 heterocycles. The first-order chi connectivity index (χ1) is 17.7. The molecule has 1 fully saturated rings. The van der Waals surface area contributed by atoms with Crippen LogP contribution in [0.3, 0.4) is 0 Å². The topological polar surface area (TPSA) is 94.9 Å². The number of benzene rings is 1. The fraction of sp³-hybridized carbons (Fsp3) is 0.400. The average Bonchev–Trinajstić information content (AvgIpc) is 2.89. The van der Waals surface area contributed by atoms with E-state index in [0.29, 0.717) is 22.7 Å². The molecule has 1 aliphatic heterocycles. The third-order valence-corrected chi connectivity index (χ3v) is 5.87. The number of hydrogen-bond donors (Lipinski definition) is 0. The Labute approximate surface area is 212 Å². The minimum absolute atomic E-state index is 0.0321. The van der Waals surface area contributed by atoms with Gasteiger partial charge in [-0.1, -0.05) is 12.1 Å². The van der Waals surface area contributed by atoms with Crippen molar-refractivity contribution in [1.29, 1.82) is 0 Å². The summed E-state index contributed by atoms with van der Waals surface area (Å²) in [5.41, 5.74) is 2.71. The third kappa shape index (κ3) is 7.05. The highest BCUT2D eigenvalue weighted by Gasteiger charge is 2.31. The van der Waals surface area contributed by atoms with Crippen molar-refractivity contribution in [2.24, 2.45) is 5.16 Å². The lowest BCUT2D eigenvalue weighted by molar-refractivity contribution is -0.274. The smallest absolute Gasteiger partial charge is 0.474 e.